The Hall–Kier alpha value is -1.88. The van der Waals surface area contributed by atoms with Crippen molar-refractivity contribution < 1.29 is 18.7 Å². The highest BCUT2D eigenvalue weighted by Gasteiger charge is 2.18. The third-order valence-electron chi connectivity index (χ3n) is 2.82. The molecular formula is C15H12BrFO3. The van der Waals surface area contributed by atoms with E-state index in [1.54, 1.807) is 18.2 Å². The normalized spacial score (nSPS) is 10.2. The van der Waals surface area contributed by atoms with E-state index < -0.39 is 5.82 Å². The lowest BCUT2D eigenvalue weighted by atomic mass is 10.0. The lowest BCUT2D eigenvalue weighted by Crippen LogP contribution is -2.06. The summed E-state index contributed by atoms with van der Waals surface area (Å²) in [6, 6.07) is 8.86. The molecule has 2 rings (SSSR count). The molecule has 0 amide bonds. The van der Waals surface area contributed by atoms with Gasteiger partial charge in [-0.25, -0.2) is 4.39 Å². The molecule has 20 heavy (non-hydrogen) atoms. The van der Waals surface area contributed by atoms with Gasteiger partial charge in [0, 0.05) is 10.0 Å². The van der Waals surface area contributed by atoms with Crippen molar-refractivity contribution in [1.29, 1.82) is 0 Å². The van der Waals surface area contributed by atoms with E-state index in [1.165, 1.54) is 32.4 Å². The van der Waals surface area contributed by atoms with Crippen molar-refractivity contribution in [3.05, 3.63) is 57.8 Å². The molecule has 0 aliphatic carbocycles. The molecule has 0 spiro atoms. The van der Waals surface area contributed by atoms with Gasteiger partial charge < -0.3 is 9.47 Å². The van der Waals surface area contributed by atoms with E-state index in [2.05, 4.69) is 15.9 Å². The third-order valence-corrected chi connectivity index (χ3v) is 3.52. The lowest BCUT2D eigenvalue weighted by Gasteiger charge is -2.10. The molecule has 0 radical (unpaired) electrons. The van der Waals surface area contributed by atoms with Crippen LogP contribution in [0.15, 0.2) is 40.9 Å². The van der Waals surface area contributed by atoms with E-state index >= 15 is 0 Å². The number of carbonyl (C=O) groups is 1. The Morgan fingerprint density at radius 2 is 1.80 bits per heavy atom. The summed E-state index contributed by atoms with van der Waals surface area (Å²) in [6.45, 7) is 0. The number of ketones is 1. The summed E-state index contributed by atoms with van der Waals surface area (Å²) in [4.78, 5) is 12.5. The van der Waals surface area contributed by atoms with Crippen LogP contribution in [0.25, 0.3) is 0 Å². The predicted octanol–water partition coefficient (Wildman–Crippen LogP) is 3.84. The zero-order valence-electron chi connectivity index (χ0n) is 10.9. The summed E-state index contributed by atoms with van der Waals surface area (Å²) in [5.41, 5.74) is 0.551. The van der Waals surface area contributed by atoms with Crippen molar-refractivity contribution in [2.75, 3.05) is 14.2 Å². The molecule has 0 aliphatic heterocycles. The fourth-order valence-electron chi connectivity index (χ4n) is 1.81. The van der Waals surface area contributed by atoms with Crippen molar-refractivity contribution in [2.24, 2.45) is 0 Å². The Bertz CT molecular complexity index is 656. The smallest absolute Gasteiger partial charge is 0.198 e. The SMILES string of the molecule is COc1ccc(OC)c(C(=O)c2cc(F)ccc2Br)c1. The van der Waals surface area contributed by atoms with E-state index in [1.807, 2.05) is 0 Å². The van der Waals surface area contributed by atoms with Crippen LogP contribution in [0.4, 0.5) is 4.39 Å². The van der Waals surface area contributed by atoms with Gasteiger partial charge in [0.05, 0.1) is 19.8 Å². The molecule has 3 nitrogen and oxygen atoms in total. The number of hydrogen-bond acceptors (Lipinski definition) is 3. The molecule has 0 atom stereocenters. The van der Waals surface area contributed by atoms with Gasteiger partial charge in [0.1, 0.15) is 17.3 Å². The number of halogens is 2. The first-order chi connectivity index (χ1) is 9.56. The van der Waals surface area contributed by atoms with Gasteiger partial charge in [-0.1, -0.05) is 15.9 Å². The van der Waals surface area contributed by atoms with Gasteiger partial charge in [0.15, 0.2) is 5.78 Å². The maximum atomic E-state index is 13.3. The van der Waals surface area contributed by atoms with E-state index in [0.717, 1.165) is 0 Å². The summed E-state index contributed by atoms with van der Waals surface area (Å²) >= 11 is 3.25. The second kappa shape index (κ2) is 6.05. The average Bonchev–Trinajstić information content (AvgIpc) is 2.48. The second-order valence-corrected chi connectivity index (χ2v) is 4.87. The van der Waals surface area contributed by atoms with Crippen LogP contribution in [0, 0.1) is 5.82 Å². The Morgan fingerprint density at radius 1 is 1.05 bits per heavy atom. The number of benzene rings is 2. The Balaban J connectivity index is 2.54. The number of ether oxygens (including phenoxy) is 2. The molecule has 0 saturated carbocycles. The van der Waals surface area contributed by atoms with Crippen LogP contribution in [0.1, 0.15) is 15.9 Å². The summed E-state index contributed by atoms with van der Waals surface area (Å²) in [7, 11) is 2.98. The van der Waals surface area contributed by atoms with Gasteiger partial charge in [-0.15, -0.1) is 0 Å². The largest absolute Gasteiger partial charge is 0.497 e. The molecule has 2 aromatic carbocycles. The quantitative estimate of drug-likeness (QED) is 0.794. The summed E-state index contributed by atoms with van der Waals surface area (Å²) in [6.07, 6.45) is 0. The van der Waals surface area contributed by atoms with Crippen LogP contribution in [-0.4, -0.2) is 20.0 Å². The third kappa shape index (κ3) is 2.82. The fraction of sp³-hybridized carbons (Fsp3) is 0.133. The van der Waals surface area contributed by atoms with Crippen LogP contribution in [0.3, 0.4) is 0 Å². The molecule has 0 saturated heterocycles. The van der Waals surface area contributed by atoms with Crippen molar-refractivity contribution >= 4 is 21.7 Å². The number of methoxy groups -OCH3 is 2. The van der Waals surface area contributed by atoms with Gasteiger partial charge in [-0.2, -0.15) is 0 Å². The molecular weight excluding hydrogens is 327 g/mol. The summed E-state index contributed by atoms with van der Waals surface area (Å²) < 4.78 is 24.1. The molecule has 104 valence electrons. The van der Waals surface area contributed by atoms with Crippen LogP contribution in [0.2, 0.25) is 0 Å². The fourth-order valence-corrected chi connectivity index (χ4v) is 2.23. The highest BCUT2D eigenvalue weighted by atomic mass is 79.9. The van der Waals surface area contributed by atoms with Crippen molar-refractivity contribution in [2.45, 2.75) is 0 Å². The Morgan fingerprint density at radius 3 is 2.45 bits per heavy atom. The molecule has 2 aromatic rings. The number of hydrogen-bond donors (Lipinski definition) is 0. The minimum absolute atomic E-state index is 0.233. The van der Waals surface area contributed by atoms with Crippen LogP contribution in [-0.2, 0) is 0 Å². The predicted molar refractivity (Wildman–Crippen MR) is 77.1 cm³/mol. The number of rotatable bonds is 4. The highest BCUT2D eigenvalue weighted by molar-refractivity contribution is 9.10. The van der Waals surface area contributed by atoms with Gasteiger partial charge >= 0.3 is 0 Å². The zero-order chi connectivity index (χ0) is 14.7. The monoisotopic (exact) mass is 338 g/mol. The van der Waals surface area contributed by atoms with E-state index in [4.69, 9.17) is 9.47 Å². The average molecular weight is 339 g/mol. The van der Waals surface area contributed by atoms with Gasteiger partial charge in [0.2, 0.25) is 0 Å². The molecule has 0 bridgehead atoms. The minimum Gasteiger partial charge on any atom is -0.497 e. The molecule has 0 unspecified atom stereocenters. The summed E-state index contributed by atoms with van der Waals surface area (Å²) in [5, 5.41) is 0. The maximum absolute atomic E-state index is 13.3. The Labute approximate surface area is 124 Å². The van der Waals surface area contributed by atoms with Crippen molar-refractivity contribution in [3.8, 4) is 11.5 Å². The number of carbonyl (C=O) groups excluding carboxylic acids is 1. The van der Waals surface area contributed by atoms with E-state index in [9.17, 15) is 9.18 Å². The highest BCUT2D eigenvalue weighted by Crippen LogP contribution is 2.29. The molecule has 0 fully saturated rings. The van der Waals surface area contributed by atoms with Crippen LogP contribution in [0.5, 0.6) is 11.5 Å². The van der Waals surface area contributed by atoms with Gasteiger partial charge in [-0.3, -0.25) is 4.79 Å². The topological polar surface area (TPSA) is 35.5 Å². The van der Waals surface area contributed by atoms with Crippen molar-refractivity contribution in [1.82, 2.24) is 0 Å². The summed E-state index contributed by atoms with van der Waals surface area (Å²) in [5.74, 6) is 0.124. The zero-order valence-corrected chi connectivity index (χ0v) is 12.5. The second-order valence-electron chi connectivity index (χ2n) is 4.02. The van der Waals surface area contributed by atoms with Crippen LogP contribution >= 0.6 is 15.9 Å². The molecule has 5 heteroatoms. The molecule has 0 heterocycles. The first-order valence-electron chi connectivity index (χ1n) is 5.78. The standard InChI is InChI=1S/C15H12BrFO3/c1-19-10-4-6-14(20-2)12(8-10)15(18)11-7-9(17)3-5-13(11)16/h3-8H,1-2H3. The molecule has 0 N–H and O–H groups in total. The molecule has 0 aliphatic rings. The van der Waals surface area contributed by atoms with E-state index in [0.29, 0.717) is 21.5 Å². The minimum atomic E-state index is -0.474. The van der Waals surface area contributed by atoms with E-state index in [-0.39, 0.29) is 11.3 Å². The van der Waals surface area contributed by atoms with Gasteiger partial charge in [-0.05, 0) is 36.4 Å². The maximum Gasteiger partial charge on any atom is 0.198 e. The molecule has 0 aromatic heterocycles. The van der Waals surface area contributed by atoms with Crippen LogP contribution < -0.4 is 9.47 Å². The lowest BCUT2D eigenvalue weighted by molar-refractivity contribution is 0.103. The first-order valence-corrected chi connectivity index (χ1v) is 6.58. The van der Waals surface area contributed by atoms with Crippen molar-refractivity contribution in [3.63, 3.8) is 0 Å². The van der Waals surface area contributed by atoms with Gasteiger partial charge in [0.25, 0.3) is 0 Å². The first kappa shape index (κ1) is 14.5. The Kier molecular flexibility index (Phi) is 4.39.